The van der Waals surface area contributed by atoms with Gasteiger partial charge in [0.25, 0.3) is 0 Å². The van der Waals surface area contributed by atoms with Crippen LogP contribution in [0.25, 0.3) is 0 Å². The zero-order valence-electron chi connectivity index (χ0n) is 11.4. The first-order valence-corrected chi connectivity index (χ1v) is 9.51. The number of nitrogens with two attached hydrogens (primary N) is 1. The lowest BCUT2D eigenvalue weighted by atomic mass is 9.99. The number of halogens is 2. The lowest BCUT2D eigenvalue weighted by Gasteiger charge is -2.36. The van der Waals surface area contributed by atoms with E-state index in [4.69, 9.17) is 5.73 Å². The Morgan fingerprint density at radius 3 is 2.60 bits per heavy atom. The van der Waals surface area contributed by atoms with E-state index < -0.39 is 16.2 Å². The maximum atomic E-state index is 12.8. The SMILES string of the molecule is Cc1cc(Br)c(S(=O)(=O)N2CCCC(C)C2N)cc1Br. The standard InChI is InChI=1S/C13H18Br2N2O2S/c1-8-4-3-5-17(13(8)16)20(18,19)12-7-10(14)9(2)6-11(12)15/h6-8,13H,3-5,16H2,1-2H3. The molecule has 4 nitrogen and oxygen atoms in total. The van der Waals surface area contributed by atoms with Crippen molar-refractivity contribution in [3.05, 3.63) is 26.6 Å². The van der Waals surface area contributed by atoms with Crippen LogP contribution in [0.1, 0.15) is 25.3 Å². The number of nitrogens with zero attached hydrogens (tertiary/aromatic N) is 1. The third kappa shape index (κ3) is 2.97. The van der Waals surface area contributed by atoms with Crippen LogP contribution in [-0.2, 0) is 10.0 Å². The van der Waals surface area contributed by atoms with E-state index in [1.54, 1.807) is 12.1 Å². The largest absolute Gasteiger partial charge is 0.315 e. The van der Waals surface area contributed by atoms with E-state index in [0.717, 1.165) is 22.9 Å². The molecule has 1 saturated heterocycles. The highest BCUT2D eigenvalue weighted by molar-refractivity contribution is 9.11. The summed E-state index contributed by atoms with van der Waals surface area (Å²) in [5, 5.41) is 0. The van der Waals surface area contributed by atoms with Gasteiger partial charge in [-0.25, -0.2) is 8.42 Å². The van der Waals surface area contributed by atoms with Gasteiger partial charge in [0.2, 0.25) is 10.0 Å². The van der Waals surface area contributed by atoms with Gasteiger partial charge < -0.3 is 5.73 Å². The number of sulfonamides is 1. The summed E-state index contributed by atoms with van der Waals surface area (Å²) in [7, 11) is -3.58. The van der Waals surface area contributed by atoms with E-state index in [1.807, 2.05) is 13.8 Å². The monoisotopic (exact) mass is 424 g/mol. The van der Waals surface area contributed by atoms with Crippen molar-refractivity contribution in [1.82, 2.24) is 4.31 Å². The second-order valence-electron chi connectivity index (χ2n) is 5.26. The molecule has 1 aliphatic rings. The molecule has 1 aromatic carbocycles. The molecule has 0 aliphatic carbocycles. The fraction of sp³-hybridized carbons (Fsp3) is 0.538. The third-order valence-corrected chi connectivity index (χ3v) is 7.46. The Balaban J connectivity index is 2.47. The van der Waals surface area contributed by atoms with Gasteiger partial charge in [-0.05, 0) is 59.3 Å². The topological polar surface area (TPSA) is 63.4 Å². The molecular formula is C13H18Br2N2O2S. The summed E-state index contributed by atoms with van der Waals surface area (Å²) in [5.74, 6) is 0.172. The van der Waals surface area contributed by atoms with Crippen molar-refractivity contribution in [1.29, 1.82) is 0 Å². The minimum atomic E-state index is -3.58. The van der Waals surface area contributed by atoms with Crippen molar-refractivity contribution in [3.63, 3.8) is 0 Å². The summed E-state index contributed by atoms with van der Waals surface area (Å²) in [6.07, 6.45) is 1.35. The Morgan fingerprint density at radius 1 is 1.30 bits per heavy atom. The number of piperidine rings is 1. The maximum absolute atomic E-state index is 12.8. The summed E-state index contributed by atoms with van der Waals surface area (Å²) < 4.78 is 28.4. The summed E-state index contributed by atoms with van der Waals surface area (Å²) in [4.78, 5) is 0.263. The first kappa shape index (κ1) is 16.4. The Labute approximate surface area is 137 Å². The smallest absolute Gasteiger partial charge is 0.245 e. The van der Waals surface area contributed by atoms with Crippen molar-refractivity contribution in [3.8, 4) is 0 Å². The van der Waals surface area contributed by atoms with Gasteiger partial charge in [-0.3, -0.25) is 0 Å². The second-order valence-corrected chi connectivity index (χ2v) is 8.83. The van der Waals surface area contributed by atoms with Gasteiger partial charge in [-0.2, -0.15) is 4.31 Å². The van der Waals surface area contributed by atoms with Crippen LogP contribution in [0.5, 0.6) is 0 Å². The van der Waals surface area contributed by atoms with Crippen molar-refractivity contribution in [2.75, 3.05) is 6.54 Å². The highest BCUT2D eigenvalue weighted by Gasteiger charge is 2.36. The average molecular weight is 426 g/mol. The van der Waals surface area contributed by atoms with Gasteiger partial charge in [0.05, 0.1) is 11.1 Å². The van der Waals surface area contributed by atoms with Crippen molar-refractivity contribution in [2.45, 2.75) is 37.8 Å². The van der Waals surface area contributed by atoms with Gasteiger partial charge in [0.15, 0.2) is 0 Å². The lowest BCUT2D eigenvalue weighted by Crippen LogP contribution is -2.52. The van der Waals surface area contributed by atoms with E-state index in [0.29, 0.717) is 11.0 Å². The third-order valence-electron chi connectivity index (χ3n) is 3.75. The molecule has 1 aliphatic heterocycles. The van der Waals surface area contributed by atoms with Crippen LogP contribution in [0.2, 0.25) is 0 Å². The number of hydrogen-bond donors (Lipinski definition) is 1. The van der Waals surface area contributed by atoms with Crippen molar-refractivity contribution >= 4 is 41.9 Å². The molecule has 0 bridgehead atoms. The predicted molar refractivity (Wildman–Crippen MR) is 86.8 cm³/mol. The zero-order chi connectivity index (χ0) is 15.1. The number of hydrogen-bond acceptors (Lipinski definition) is 3. The maximum Gasteiger partial charge on any atom is 0.245 e. The average Bonchev–Trinajstić information content (AvgIpc) is 2.36. The molecule has 0 aromatic heterocycles. The van der Waals surface area contributed by atoms with E-state index in [2.05, 4.69) is 31.9 Å². The fourth-order valence-corrected chi connectivity index (χ4v) is 5.69. The summed E-state index contributed by atoms with van der Waals surface area (Å²) >= 11 is 6.74. The molecule has 2 unspecified atom stereocenters. The van der Waals surface area contributed by atoms with Crippen LogP contribution >= 0.6 is 31.9 Å². The van der Waals surface area contributed by atoms with Crippen LogP contribution in [0.3, 0.4) is 0 Å². The van der Waals surface area contributed by atoms with Crippen LogP contribution in [0.4, 0.5) is 0 Å². The molecule has 20 heavy (non-hydrogen) atoms. The van der Waals surface area contributed by atoms with E-state index in [-0.39, 0.29) is 10.8 Å². The summed E-state index contributed by atoms with van der Waals surface area (Å²) in [6.45, 7) is 4.39. The molecular weight excluding hydrogens is 408 g/mol. The van der Waals surface area contributed by atoms with Gasteiger partial charge in [-0.1, -0.05) is 22.9 Å². The molecule has 0 radical (unpaired) electrons. The number of rotatable bonds is 2. The van der Waals surface area contributed by atoms with E-state index in [1.165, 1.54) is 4.31 Å². The molecule has 2 atom stereocenters. The highest BCUT2D eigenvalue weighted by Crippen LogP contribution is 2.33. The van der Waals surface area contributed by atoms with Crippen molar-refractivity contribution in [2.24, 2.45) is 11.7 Å². The lowest BCUT2D eigenvalue weighted by molar-refractivity contribution is 0.192. The van der Waals surface area contributed by atoms with Crippen LogP contribution in [0.15, 0.2) is 26.0 Å². The molecule has 7 heteroatoms. The fourth-order valence-electron chi connectivity index (χ4n) is 2.41. The van der Waals surface area contributed by atoms with E-state index >= 15 is 0 Å². The van der Waals surface area contributed by atoms with Crippen LogP contribution < -0.4 is 5.73 Å². The predicted octanol–water partition coefficient (Wildman–Crippen LogP) is 3.23. The molecule has 112 valence electrons. The summed E-state index contributed by atoms with van der Waals surface area (Å²) in [5.41, 5.74) is 7.06. The quantitative estimate of drug-likeness (QED) is 0.790. The molecule has 1 aromatic rings. The first-order chi connectivity index (χ1) is 9.25. The van der Waals surface area contributed by atoms with Gasteiger partial charge in [0, 0.05) is 15.5 Å². The van der Waals surface area contributed by atoms with E-state index in [9.17, 15) is 8.42 Å². The Morgan fingerprint density at radius 2 is 1.95 bits per heavy atom. The van der Waals surface area contributed by atoms with Crippen LogP contribution in [-0.4, -0.2) is 25.4 Å². The minimum absolute atomic E-state index is 0.172. The number of aryl methyl sites for hydroxylation is 1. The molecule has 0 amide bonds. The molecule has 2 N–H and O–H groups in total. The van der Waals surface area contributed by atoms with Gasteiger partial charge >= 0.3 is 0 Å². The normalized spacial score (nSPS) is 24.9. The molecule has 1 fully saturated rings. The molecule has 1 heterocycles. The van der Waals surface area contributed by atoms with Gasteiger partial charge in [-0.15, -0.1) is 0 Å². The Bertz CT molecular complexity index is 619. The van der Waals surface area contributed by atoms with Crippen LogP contribution in [0, 0.1) is 12.8 Å². The van der Waals surface area contributed by atoms with Gasteiger partial charge in [0.1, 0.15) is 0 Å². The Kier molecular flexibility index (Phi) is 4.96. The number of benzene rings is 1. The first-order valence-electron chi connectivity index (χ1n) is 6.48. The minimum Gasteiger partial charge on any atom is -0.315 e. The highest BCUT2D eigenvalue weighted by atomic mass is 79.9. The summed E-state index contributed by atoms with van der Waals surface area (Å²) in [6, 6.07) is 3.44. The molecule has 0 saturated carbocycles. The van der Waals surface area contributed by atoms with Crippen molar-refractivity contribution < 1.29 is 8.42 Å². The molecule has 0 spiro atoms. The molecule has 2 rings (SSSR count). The zero-order valence-corrected chi connectivity index (χ0v) is 15.4. The second kappa shape index (κ2) is 6.04. The Hall–Kier alpha value is 0.0500.